The zero-order valence-corrected chi connectivity index (χ0v) is 30.0. The van der Waals surface area contributed by atoms with Gasteiger partial charge in [0.1, 0.15) is 0 Å². The molecule has 0 spiro atoms. The van der Waals surface area contributed by atoms with Crippen LogP contribution in [0, 0.1) is 11.3 Å². The molecule has 0 unspecified atom stereocenters. The van der Waals surface area contributed by atoms with Gasteiger partial charge in [-0.05, 0) is 76.2 Å². The van der Waals surface area contributed by atoms with E-state index in [9.17, 15) is 5.26 Å². The van der Waals surface area contributed by atoms with Crippen molar-refractivity contribution in [1.82, 2.24) is 23.9 Å². The molecule has 0 radical (unpaired) electrons. The Morgan fingerprint density at radius 2 is 0.982 bits per heavy atom. The lowest BCUT2D eigenvalue weighted by molar-refractivity contribution is 0.950. The highest BCUT2D eigenvalue weighted by molar-refractivity contribution is 6.24. The van der Waals surface area contributed by atoms with E-state index in [1.54, 1.807) is 12.1 Å². The highest BCUT2D eigenvalue weighted by atomic mass is 15.2. The summed E-state index contributed by atoms with van der Waals surface area (Å²) in [7, 11) is 0. The second-order valence-corrected chi connectivity index (χ2v) is 14.0. The van der Waals surface area contributed by atoms with Crippen LogP contribution in [0.2, 0.25) is 0 Å². The molecule has 6 nitrogen and oxygen atoms in total. The fourth-order valence-corrected chi connectivity index (χ4v) is 8.15. The van der Waals surface area contributed by atoms with Crippen LogP contribution in [-0.2, 0) is 0 Å². The van der Waals surface area contributed by atoms with Crippen molar-refractivity contribution in [3.8, 4) is 57.0 Å². The summed E-state index contributed by atoms with van der Waals surface area (Å²) in [5, 5.41) is 14.2. The summed E-state index contributed by atoms with van der Waals surface area (Å²) < 4.78 is 4.65. The standard InChI is InChI=1S/C50H30N6/c51-31-32-19-21-37(22-20-32)49-52-48(36-15-8-3-9-16-36)53-50(54-49)56-43-18-10-17-35-23-27-41-40-26-24-38(33-11-4-1-5-12-33)29-44(40)55(47(41)46(35)43)42-28-25-39(30-45(42)56)34-13-6-2-7-14-34/h1-30H. The van der Waals surface area contributed by atoms with Gasteiger partial charge in [0, 0.05) is 27.3 Å². The van der Waals surface area contributed by atoms with Crippen molar-refractivity contribution in [2.45, 2.75) is 0 Å². The van der Waals surface area contributed by atoms with Gasteiger partial charge < -0.3 is 4.40 Å². The van der Waals surface area contributed by atoms with E-state index in [1.807, 2.05) is 48.5 Å². The van der Waals surface area contributed by atoms with Crippen LogP contribution >= 0.6 is 0 Å². The van der Waals surface area contributed by atoms with Gasteiger partial charge in [-0.25, -0.2) is 4.98 Å². The Labute approximate surface area is 321 Å². The minimum Gasteiger partial charge on any atom is -0.306 e. The molecule has 0 aliphatic carbocycles. The summed E-state index contributed by atoms with van der Waals surface area (Å²) in [6, 6.07) is 65.2. The minimum absolute atomic E-state index is 0.495. The first-order valence-electron chi connectivity index (χ1n) is 18.6. The van der Waals surface area contributed by atoms with Crippen molar-refractivity contribution < 1.29 is 0 Å². The van der Waals surface area contributed by atoms with Crippen LogP contribution in [0.3, 0.4) is 0 Å². The van der Waals surface area contributed by atoms with E-state index in [0.717, 1.165) is 66.2 Å². The van der Waals surface area contributed by atoms with E-state index in [0.29, 0.717) is 23.2 Å². The summed E-state index contributed by atoms with van der Waals surface area (Å²) in [5.41, 5.74) is 12.0. The Balaban J connectivity index is 1.34. The average molecular weight is 715 g/mol. The predicted octanol–water partition coefficient (Wildman–Crippen LogP) is 12.1. The average Bonchev–Trinajstić information content (AvgIpc) is 3.54. The Morgan fingerprint density at radius 1 is 0.411 bits per heavy atom. The molecule has 0 atom stereocenters. The summed E-state index contributed by atoms with van der Waals surface area (Å²) in [6.07, 6.45) is 0. The van der Waals surface area contributed by atoms with Gasteiger partial charge in [-0.15, -0.1) is 0 Å². The van der Waals surface area contributed by atoms with Gasteiger partial charge in [0.15, 0.2) is 11.6 Å². The van der Waals surface area contributed by atoms with Crippen LogP contribution in [0.25, 0.3) is 100 Å². The van der Waals surface area contributed by atoms with Crippen molar-refractivity contribution in [3.63, 3.8) is 0 Å². The quantitative estimate of drug-likeness (QED) is 0.178. The van der Waals surface area contributed by atoms with Crippen molar-refractivity contribution in [1.29, 1.82) is 5.26 Å². The molecule has 0 amide bonds. The maximum absolute atomic E-state index is 9.56. The smallest absolute Gasteiger partial charge is 0.238 e. The third-order valence-corrected chi connectivity index (χ3v) is 10.8. The van der Waals surface area contributed by atoms with E-state index < -0.39 is 0 Å². The summed E-state index contributed by atoms with van der Waals surface area (Å²) in [6.45, 7) is 0. The largest absolute Gasteiger partial charge is 0.306 e. The van der Waals surface area contributed by atoms with E-state index in [4.69, 9.17) is 15.0 Å². The van der Waals surface area contributed by atoms with Crippen LogP contribution in [-0.4, -0.2) is 23.9 Å². The van der Waals surface area contributed by atoms with Crippen molar-refractivity contribution in [2.24, 2.45) is 0 Å². The van der Waals surface area contributed by atoms with Crippen LogP contribution < -0.4 is 0 Å². The SMILES string of the molecule is N#Cc1ccc(-c2nc(-c3ccccc3)nc(-n3c4cccc5ccc6c7ccc(-c8ccccc8)cc7n(c7ccc(-c8ccccc8)cc73)c6c54)n2)cc1. The molecular formula is C50H30N6. The fraction of sp³-hybridized carbons (Fsp3) is 0. The summed E-state index contributed by atoms with van der Waals surface area (Å²) in [5.74, 6) is 1.57. The molecule has 11 aromatic rings. The Kier molecular flexibility index (Phi) is 7.13. The molecule has 0 N–H and O–H groups in total. The lowest BCUT2D eigenvalue weighted by Crippen LogP contribution is -2.08. The van der Waals surface area contributed by atoms with Gasteiger partial charge in [-0.1, -0.05) is 133 Å². The number of hydrogen-bond donors (Lipinski definition) is 0. The normalized spacial score (nSPS) is 11.6. The Hall–Kier alpha value is -7.88. The van der Waals surface area contributed by atoms with Crippen molar-refractivity contribution in [2.75, 3.05) is 0 Å². The minimum atomic E-state index is 0.495. The second kappa shape index (κ2) is 12.6. The molecule has 260 valence electrons. The highest BCUT2D eigenvalue weighted by Crippen LogP contribution is 2.41. The molecule has 11 rings (SSSR count). The molecule has 3 heterocycles. The van der Waals surface area contributed by atoms with E-state index >= 15 is 0 Å². The van der Waals surface area contributed by atoms with Crippen LogP contribution in [0.4, 0.5) is 0 Å². The Morgan fingerprint density at radius 3 is 1.64 bits per heavy atom. The van der Waals surface area contributed by atoms with Gasteiger partial charge in [-0.2, -0.15) is 15.2 Å². The van der Waals surface area contributed by atoms with Gasteiger partial charge in [0.2, 0.25) is 5.95 Å². The maximum atomic E-state index is 9.56. The number of hydrogen-bond acceptors (Lipinski definition) is 4. The third kappa shape index (κ3) is 4.99. The molecule has 0 aliphatic rings. The molecule has 0 saturated heterocycles. The summed E-state index contributed by atoms with van der Waals surface area (Å²) in [4.78, 5) is 15.6. The molecule has 0 aliphatic heterocycles. The zero-order valence-electron chi connectivity index (χ0n) is 30.0. The number of fused-ring (bicyclic) bond motifs is 5. The fourth-order valence-electron chi connectivity index (χ4n) is 8.15. The molecule has 0 fully saturated rings. The van der Waals surface area contributed by atoms with Gasteiger partial charge in [-0.3, -0.25) is 4.57 Å². The lowest BCUT2D eigenvalue weighted by Gasteiger charge is -2.14. The topological polar surface area (TPSA) is 71.8 Å². The van der Waals surface area contributed by atoms with Crippen molar-refractivity contribution >= 4 is 49.1 Å². The maximum Gasteiger partial charge on any atom is 0.238 e. The summed E-state index contributed by atoms with van der Waals surface area (Å²) >= 11 is 0. The van der Waals surface area contributed by atoms with Gasteiger partial charge >= 0.3 is 0 Å². The van der Waals surface area contributed by atoms with Gasteiger partial charge in [0.05, 0.1) is 39.2 Å². The first-order valence-corrected chi connectivity index (χ1v) is 18.6. The molecule has 6 heteroatoms. The predicted molar refractivity (Wildman–Crippen MR) is 227 cm³/mol. The first-order chi connectivity index (χ1) is 27.7. The number of nitriles is 1. The van der Waals surface area contributed by atoms with Crippen LogP contribution in [0.15, 0.2) is 182 Å². The molecule has 3 aromatic heterocycles. The lowest BCUT2D eigenvalue weighted by atomic mass is 10.0. The van der Waals surface area contributed by atoms with E-state index in [2.05, 4.69) is 136 Å². The molecule has 0 bridgehead atoms. The van der Waals surface area contributed by atoms with E-state index in [-0.39, 0.29) is 0 Å². The number of rotatable bonds is 5. The number of nitrogens with zero attached hydrogens (tertiary/aromatic N) is 6. The highest BCUT2D eigenvalue weighted by Gasteiger charge is 2.22. The number of aromatic nitrogens is 5. The van der Waals surface area contributed by atoms with Crippen LogP contribution in [0.1, 0.15) is 5.56 Å². The first kappa shape index (κ1) is 31.6. The van der Waals surface area contributed by atoms with E-state index in [1.165, 1.54) is 16.3 Å². The third-order valence-electron chi connectivity index (χ3n) is 10.8. The molecular weight excluding hydrogens is 685 g/mol. The molecule has 0 saturated carbocycles. The van der Waals surface area contributed by atoms with Crippen LogP contribution in [0.5, 0.6) is 0 Å². The Bertz CT molecular complexity index is 3340. The zero-order chi connectivity index (χ0) is 37.2. The second-order valence-electron chi connectivity index (χ2n) is 14.0. The van der Waals surface area contributed by atoms with Gasteiger partial charge in [0.25, 0.3) is 0 Å². The van der Waals surface area contributed by atoms with Crippen molar-refractivity contribution in [3.05, 3.63) is 188 Å². The monoisotopic (exact) mass is 714 g/mol. The molecule has 56 heavy (non-hydrogen) atoms. The number of benzene rings is 8. The molecule has 8 aromatic carbocycles.